The van der Waals surface area contributed by atoms with Crippen molar-refractivity contribution in [2.45, 2.75) is 19.1 Å². The molecule has 0 saturated carbocycles. The highest BCUT2D eigenvalue weighted by Gasteiger charge is 2.21. The molecule has 0 aliphatic carbocycles. The van der Waals surface area contributed by atoms with Crippen LogP contribution in [0.1, 0.15) is 22.5 Å². The number of carbonyl (C=O) groups is 1. The molecule has 3 rings (SSSR count). The van der Waals surface area contributed by atoms with Crippen molar-refractivity contribution in [2.24, 2.45) is 0 Å². The number of pyridine rings is 1. The Bertz CT molecular complexity index is 595. The molecule has 1 saturated heterocycles. The van der Waals surface area contributed by atoms with Crippen LogP contribution in [-0.4, -0.2) is 28.5 Å². The number of furan rings is 1. The van der Waals surface area contributed by atoms with Gasteiger partial charge in [0.05, 0.1) is 12.8 Å². The Morgan fingerprint density at radius 2 is 2.43 bits per heavy atom. The number of nitrogens with zero attached hydrogens (tertiary/aromatic N) is 1. The van der Waals surface area contributed by atoms with Gasteiger partial charge in [-0.15, -0.1) is 0 Å². The molecular weight excluding hydrogens is 288 g/mol. The van der Waals surface area contributed by atoms with E-state index in [0.717, 1.165) is 17.9 Å². The largest absolute Gasteiger partial charge is 0.473 e. The standard InChI is InChI=1S/C15H16N2O3S/c18-14(17-9-11-3-2-7-19-11)13-4-1-6-16-15(13)20-12-5-8-21-10-12/h1-4,6-7,12H,5,8-10H2,(H,17,18)/t12-/m0/s1. The lowest BCUT2D eigenvalue weighted by Gasteiger charge is -2.14. The molecule has 0 spiro atoms. The summed E-state index contributed by atoms with van der Waals surface area (Å²) in [5, 5.41) is 2.81. The van der Waals surface area contributed by atoms with Crippen LogP contribution in [-0.2, 0) is 6.54 Å². The third kappa shape index (κ3) is 3.58. The fourth-order valence-electron chi connectivity index (χ4n) is 2.10. The molecule has 0 bridgehead atoms. The van der Waals surface area contributed by atoms with Crippen molar-refractivity contribution >= 4 is 17.7 Å². The smallest absolute Gasteiger partial charge is 0.257 e. The zero-order chi connectivity index (χ0) is 14.5. The number of hydrogen-bond donors (Lipinski definition) is 1. The van der Waals surface area contributed by atoms with E-state index in [1.807, 2.05) is 17.8 Å². The Hall–Kier alpha value is -1.95. The maximum absolute atomic E-state index is 12.3. The molecule has 1 N–H and O–H groups in total. The monoisotopic (exact) mass is 304 g/mol. The van der Waals surface area contributed by atoms with Crippen LogP contribution in [0.25, 0.3) is 0 Å². The molecule has 6 heteroatoms. The van der Waals surface area contributed by atoms with E-state index < -0.39 is 0 Å². The summed E-state index contributed by atoms with van der Waals surface area (Å²) in [6, 6.07) is 7.06. The van der Waals surface area contributed by atoms with Crippen LogP contribution < -0.4 is 10.1 Å². The van der Waals surface area contributed by atoms with Gasteiger partial charge < -0.3 is 14.5 Å². The van der Waals surface area contributed by atoms with Crippen LogP contribution in [0.2, 0.25) is 0 Å². The molecule has 2 aromatic heterocycles. The number of hydrogen-bond acceptors (Lipinski definition) is 5. The highest BCUT2D eigenvalue weighted by molar-refractivity contribution is 7.99. The normalized spacial score (nSPS) is 17.6. The minimum absolute atomic E-state index is 0.140. The van der Waals surface area contributed by atoms with Gasteiger partial charge in [-0.25, -0.2) is 4.98 Å². The van der Waals surface area contributed by atoms with Crippen LogP contribution >= 0.6 is 11.8 Å². The van der Waals surface area contributed by atoms with E-state index in [1.54, 1.807) is 30.7 Å². The molecule has 0 radical (unpaired) electrons. The predicted molar refractivity (Wildman–Crippen MR) is 80.5 cm³/mol. The number of amides is 1. The molecule has 1 aliphatic heterocycles. The quantitative estimate of drug-likeness (QED) is 0.919. The molecular formula is C15H16N2O3S. The number of ether oxygens (including phenoxy) is 1. The summed E-state index contributed by atoms with van der Waals surface area (Å²) in [7, 11) is 0. The van der Waals surface area contributed by atoms with Crippen molar-refractivity contribution in [3.63, 3.8) is 0 Å². The number of rotatable bonds is 5. The lowest BCUT2D eigenvalue weighted by molar-refractivity contribution is 0.0940. The van der Waals surface area contributed by atoms with E-state index in [4.69, 9.17) is 9.15 Å². The molecule has 110 valence electrons. The maximum Gasteiger partial charge on any atom is 0.257 e. The van der Waals surface area contributed by atoms with E-state index >= 15 is 0 Å². The van der Waals surface area contributed by atoms with Crippen LogP contribution in [0.15, 0.2) is 41.1 Å². The average molecular weight is 304 g/mol. The van der Waals surface area contributed by atoms with E-state index in [-0.39, 0.29) is 12.0 Å². The second-order valence-electron chi connectivity index (χ2n) is 4.72. The van der Waals surface area contributed by atoms with Gasteiger partial charge in [0.25, 0.3) is 5.91 Å². The lowest BCUT2D eigenvalue weighted by Crippen LogP contribution is -2.25. The van der Waals surface area contributed by atoms with Crippen molar-refractivity contribution in [3.8, 4) is 5.88 Å². The van der Waals surface area contributed by atoms with Gasteiger partial charge in [0, 0.05) is 11.9 Å². The van der Waals surface area contributed by atoms with Crippen molar-refractivity contribution in [3.05, 3.63) is 48.0 Å². The van der Waals surface area contributed by atoms with Crippen LogP contribution in [0.4, 0.5) is 0 Å². The summed E-state index contributed by atoms with van der Waals surface area (Å²) in [6.07, 6.45) is 4.36. The Balaban J connectivity index is 1.67. The van der Waals surface area contributed by atoms with Gasteiger partial charge in [0.15, 0.2) is 0 Å². The van der Waals surface area contributed by atoms with E-state index in [1.165, 1.54) is 0 Å². The third-order valence-electron chi connectivity index (χ3n) is 3.19. The second kappa shape index (κ2) is 6.67. The van der Waals surface area contributed by atoms with Gasteiger partial charge in [0.2, 0.25) is 5.88 Å². The Morgan fingerprint density at radius 3 is 3.19 bits per heavy atom. The first-order chi connectivity index (χ1) is 10.3. The molecule has 2 aromatic rings. The second-order valence-corrected chi connectivity index (χ2v) is 5.87. The summed E-state index contributed by atoms with van der Waals surface area (Å²) in [4.78, 5) is 16.4. The van der Waals surface area contributed by atoms with Gasteiger partial charge in [-0.3, -0.25) is 4.79 Å². The maximum atomic E-state index is 12.3. The van der Waals surface area contributed by atoms with Gasteiger partial charge in [-0.05, 0) is 36.4 Å². The first kappa shape index (κ1) is 14.0. The average Bonchev–Trinajstić information content (AvgIpc) is 3.18. The summed E-state index contributed by atoms with van der Waals surface area (Å²) < 4.78 is 11.0. The fraction of sp³-hybridized carbons (Fsp3) is 0.333. The van der Waals surface area contributed by atoms with Crippen molar-refractivity contribution in [1.82, 2.24) is 10.3 Å². The highest BCUT2D eigenvalue weighted by atomic mass is 32.2. The topological polar surface area (TPSA) is 64.4 Å². The van der Waals surface area contributed by atoms with Crippen molar-refractivity contribution < 1.29 is 13.9 Å². The SMILES string of the molecule is O=C(NCc1ccco1)c1cccnc1O[C@H]1CCSC1. The zero-order valence-electron chi connectivity index (χ0n) is 11.5. The fourth-order valence-corrected chi connectivity index (χ4v) is 3.19. The number of carbonyl (C=O) groups excluding carboxylic acids is 1. The molecule has 0 unspecified atom stereocenters. The number of thioether (sulfide) groups is 1. The minimum atomic E-state index is -0.208. The van der Waals surface area contributed by atoms with Gasteiger partial charge in [-0.1, -0.05) is 0 Å². The van der Waals surface area contributed by atoms with Crippen LogP contribution in [0, 0.1) is 0 Å². The zero-order valence-corrected chi connectivity index (χ0v) is 12.3. The number of nitrogens with one attached hydrogen (secondary N) is 1. The lowest BCUT2D eigenvalue weighted by atomic mass is 10.2. The molecule has 21 heavy (non-hydrogen) atoms. The highest BCUT2D eigenvalue weighted by Crippen LogP contribution is 2.24. The van der Waals surface area contributed by atoms with Crippen molar-refractivity contribution in [2.75, 3.05) is 11.5 Å². The first-order valence-corrected chi connectivity index (χ1v) is 7.98. The van der Waals surface area contributed by atoms with Gasteiger partial charge in [0.1, 0.15) is 17.4 Å². The summed E-state index contributed by atoms with van der Waals surface area (Å²) in [5.74, 6) is 2.95. The third-order valence-corrected chi connectivity index (χ3v) is 4.32. The van der Waals surface area contributed by atoms with E-state index in [2.05, 4.69) is 10.3 Å². The summed E-state index contributed by atoms with van der Waals surface area (Å²) in [5.41, 5.74) is 0.459. The minimum Gasteiger partial charge on any atom is -0.473 e. The van der Waals surface area contributed by atoms with Crippen LogP contribution in [0.5, 0.6) is 5.88 Å². The molecule has 0 aromatic carbocycles. The van der Waals surface area contributed by atoms with E-state index in [0.29, 0.717) is 23.7 Å². The Morgan fingerprint density at radius 1 is 1.48 bits per heavy atom. The predicted octanol–water partition coefficient (Wildman–Crippen LogP) is 2.49. The van der Waals surface area contributed by atoms with Gasteiger partial charge >= 0.3 is 0 Å². The molecule has 1 aliphatic rings. The molecule has 3 heterocycles. The Kier molecular flexibility index (Phi) is 4.45. The summed E-state index contributed by atoms with van der Waals surface area (Å²) >= 11 is 1.86. The molecule has 1 amide bonds. The first-order valence-electron chi connectivity index (χ1n) is 6.83. The van der Waals surface area contributed by atoms with Gasteiger partial charge in [-0.2, -0.15) is 11.8 Å². The molecule has 1 fully saturated rings. The number of aromatic nitrogens is 1. The molecule has 1 atom stereocenters. The molecule has 5 nitrogen and oxygen atoms in total. The van der Waals surface area contributed by atoms with Crippen LogP contribution in [0.3, 0.4) is 0 Å². The Labute approximate surface area is 127 Å². The summed E-state index contributed by atoms with van der Waals surface area (Å²) in [6.45, 7) is 0.347. The van der Waals surface area contributed by atoms with Crippen molar-refractivity contribution in [1.29, 1.82) is 0 Å². The van der Waals surface area contributed by atoms with E-state index in [9.17, 15) is 4.79 Å².